The SMILES string of the molecule is c1ccc(N(c2ccccc2)c2ccc(-c3ccccc3-c3ccccc3-c3ccc(-c4nnc(-c5ccc(-c6ccc7ccccc7c6)cc5)o4)cc3)cc2)cc1. The molecule has 4 heteroatoms. The lowest BCUT2D eigenvalue weighted by Gasteiger charge is -2.25. The van der Waals surface area contributed by atoms with Crippen molar-refractivity contribution in [3.8, 4) is 67.4 Å². The first-order valence-corrected chi connectivity index (χ1v) is 19.5. The molecule has 10 rings (SSSR count). The minimum absolute atomic E-state index is 0.486. The highest BCUT2D eigenvalue weighted by Gasteiger charge is 2.16. The number of rotatable bonds is 9. The van der Waals surface area contributed by atoms with Crippen molar-refractivity contribution in [3.63, 3.8) is 0 Å². The van der Waals surface area contributed by atoms with Crippen molar-refractivity contribution in [2.45, 2.75) is 0 Å². The fraction of sp³-hybridized carbons (Fsp3) is 0. The standard InChI is InChI=1S/C54H37N3O/c1-3-15-46(16-4-1)57(47-17-5-2-6-18-47)48-35-33-41(34-36-48)50-20-10-12-22-52(50)51-21-11-9-19-49(51)40-26-30-43(31-27-40)54-56-55-53(58-54)42-28-23-39(24-29-42)45-32-25-38-13-7-8-14-44(38)37-45/h1-37H. The second-order valence-electron chi connectivity index (χ2n) is 14.3. The number of fused-ring (bicyclic) bond motifs is 1. The zero-order valence-corrected chi connectivity index (χ0v) is 31.6. The molecule has 9 aromatic carbocycles. The van der Waals surface area contributed by atoms with E-state index >= 15 is 0 Å². The monoisotopic (exact) mass is 743 g/mol. The van der Waals surface area contributed by atoms with Gasteiger partial charge in [0.05, 0.1) is 0 Å². The molecule has 0 amide bonds. The first kappa shape index (κ1) is 34.7. The van der Waals surface area contributed by atoms with Gasteiger partial charge in [-0.3, -0.25) is 0 Å². The van der Waals surface area contributed by atoms with Crippen molar-refractivity contribution in [2.75, 3.05) is 4.90 Å². The van der Waals surface area contributed by atoms with Gasteiger partial charge in [-0.05, 0) is 122 Å². The Morgan fingerprint density at radius 3 is 1.19 bits per heavy atom. The smallest absolute Gasteiger partial charge is 0.248 e. The third-order valence-electron chi connectivity index (χ3n) is 10.7. The van der Waals surface area contributed by atoms with Gasteiger partial charge >= 0.3 is 0 Å². The van der Waals surface area contributed by atoms with Crippen LogP contribution < -0.4 is 4.90 Å². The molecule has 0 atom stereocenters. The van der Waals surface area contributed by atoms with Crippen LogP contribution in [0.3, 0.4) is 0 Å². The molecule has 1 heterocycles. The van der Waals surface area contributed by atoms with Crippen LogP contribution in [-0.4, -0.2) is 10.2 Å². The average Bonchev–Trinajstić information content (AvgIpc) is 3.81. The summed E-state index contributed by atoms with van der Waals surface area (Å²) in [7, 11) is 0. The predicted molar refractivity (Wildman–Crippen MR) is 239 cm³/mol. The molecule has 4 nitrogen and oxygen atoms in total. The summed E-state index contributed by atoms with van der Waals surface area (Å²) < 4.78 is 6.21. The summed E-state index contributed by atoms with van der Waals surface area (Å²) in [6.45, 7) is 0. The Labute approximate surface area is 338 Å². The second kappa shape index (κ2) is 15.4. The van der Waals surface area contributed by atoms with Crippen molar-refractivity contribution < 1.29 is 4.42 Å². The van der Waals surface area contributed by atoms with Crippen molar-refractivity contribution in [1.29, 1.82) is 0 Å². The highest BCUT2D eigenvalue weighted by molar-refractivity contribution is 5.92. The molecule has 0 aliphatic heterocycles. The van der Waals surface area contributed by atoms with Crippen LogP contribution in [-0.2, 0) is 0 Å². The minimum Gasteiger partial charge on any atom is -0.416 e. The third kappa shape index (κ3) is 6.84. The van der Waals surface area contributed by atoms with Crippen molar-refractivity contribution in [3.05, 3.63) is 224 Å². The number of nitrogens with zero attached hydrogens (tertiary/aromatic N) is 3. The van der Waals surface area contributed by atoms with E-state index in [1.807, 2.05) is 12.1 Å². The largest absolute Gasteiger partial charge is 0.416 e. The highest BCUT2D eigenvalue weighted by Crippen LogP contribution is 2.41. The van der Waals surface area contributed by atoms with Gasteiger partial charge in [-0.15, -0.1) is 10.2 Å². The number of anilines is 3. The number of hydrogen-bond donors (Lipinski definition) is 0. The molecule has 0 spiro atoms. The van der Waals surface area contributed by atoms with Crippen LogP contribution in [0.1, 0.15) is 0 Å². The molecule has 10 aromatic rings. The lowest BCUT2D eigenvalue weighted by atomic mass is 9.89. The topological polar surface area (TPSA) is 42.2 Å². The molecule has 0 bridgehead atoms. The highest BCUT2D eigenvalue weighted by atomic mass is 16.4. The summed E-state index contributed by atoms with van der Waals surface area (Å²) in [5, 5.41) is 11.3. The summed E-state index contributed by atoms with van der Waals surface area (Å²) in [5.74, 6) is 0.979. The molecule has 0 radical (unpaired) electrons. The molecule has 0 fully saturated rings. The minimum atomic E-state index is 0.486. The van der Waals surface area contributed by atoms with E-state index in [2.05, 4.69) is 227 Å². The van der Waals surface area contributed by atoms with E-state index in [4.69, 9.17) is 4.42 Å². The zero-order valence-electron chi connectivity index (χ0n) is 31.6. The predicted octanol–water partition coefficient (Wildman–Crippen LogP) is 14.7. The molecule has 0 saturated heterocycles. The van der Waals surface area contributed by atoms with E-state index in [9.17, 15) is 0 Å². The van der Waals surface area contributed by atoms with Gasteiger partial charge in [0.1, 0.15) is 0 Å². The first-order chi connectivity index (χ1) is 28.7. The van der Waals surface area contributed by atoms with Gasteiger partial charge in [0.25, 0.3) is 0 Å². The fourth-order valence-corrected chi connectivity index (χ4v) is 7.75. The molecule has 58 heavy (non-hydrogen) atoms. The van der Waals surface area contributed by atoms with E-state index in [1.54, 1.807) is 0 Å². The van der Waals surface area contributed by atoms with Gasteiger partial charge in [0.2, 0.25) is 11.8 Å². The lowest BCUT2D eigenvalue weighted by molar-refractivity contribution is 0.584. The molecular formula is C54H37N3O. The second-order valence-corrected chi connectivity index (χ2v) is 14.3. The molecule has 0 unspecified atom stereocenters. The number of hydrogen-bond acceptors (Lipinski definition) is 4. The third-order valence-corrected chi connectivity index (χ3v) is 10.7. The van der Waals surface area contributed by atoms with Gasteiger partial charge in [-0.2, -0.15) is 0 Å². The van der Waals surface area contributed by atoms with Gasteiger partial charge in [0.15, 0.2) is 0 Å². The Morgan fingerprint density at radius 2 is 0.655 bits per heavy atom. The van der Waals surface area contributed by atoms with E-state index in [0.717, 1.165) is 56.0 Å². The van der Waals surface area contributed by atoms with E-state index in [0.29, 0.717) is 11.8 Å². The summed E-state index contributed by atoms with van der Waals surface area (Å²) >= 11 is 0. The molecule has 0 saturated carbocycles. The molecular weight excluding hydrogens is 707 g/mol. The van der Waals surface area contributed by atoms with Crippen LogP contribution in [0.5, 0.6) is 0 Å². The van der Waals surface area contributed by atoms with Crippen LogP contribution in [0, 0.1) is 0 Å². The lowest BCUT2D eigenvalue weighted by Crippen LogP contribution is -2.09. The quantitative estimate of drug-likeness (QED) is 0.148. The molecule has 0 N–H and O–H groups in total. The molecule has 0 aliphatic rings. The Kier molecular flexibility index (Phi) is 9.18. The average molecular weight is 744 g/mol. The molecule has 274 valence electrons. The molecule has 0 aliphatic carbocycles. The maximum absolute atomic E-state index is 6.21. The number of para-hydroxylation sites is 2. The van der Waals surface area contributed by atoms with Gasteiger partial charge in [-0.1, -0.05) is 158 Å². The number of aromatic nitrogens is 2. The summed E-state index contributed by atoms with van der Waals surface area (Å²) in [5.41, 5.74) is 14.3. The summed E-state index contributed by atoms with van der Waals surface area (Å²) in [6, 6.07) is 78.8. The van der Waals surface area contributed by atoms with Gasteiger partial charge < -0.3 is 9.32 Å². The van der Waals surface area contributed by atoms with Crippen LogP contribution in [0.2, 0.25) is 0 Å². The fourth-order valence-electron chi connectivity index (χ4n) is 7.75. The van der Waals surface area contributed by atoms with Crippen LogP contribution in [0.15, 0.2) is 229 Å². The zero-order chi connectivity index (χ0) is 38.7. The van der Waals surface area contributed by atoms with E-state index in [1.165, 1.54) is 27.5 Å². The van der Waals surface area contributed by atoms with Crippen molar-refractivity contribution in [1.82, 2.24) is 10.2 Å². The summed E-state index contributed by atoms with van der Waals surface area (Å²) in [6.07, 6.45) is 0. The maximum atomic E-state index is 6.21. The van der Waals surface area contributed by atoms with Gasteiger partial charge in [0, 0.05) is 28.2 Å². The normalized spacial score (nSPS) is 11.1. The Morgan fingerprint density at radius 1 is 0.276 bits per heavy atom. The van der Waals surface area contributed by atoms with Crippen LogP contribution in [0.4, 0.5) is 17.1 Å². The maximum Gasteiger partial charge on any atom is 0.248 e. The van der Waals surface area contributed by atoms with Crippen LogP contribution >= 0.6 is 0 Å². The Bertz CT molecular complexity index is 2930. The van der Waals surface area contributed by atoms with E-state index in [-0.39, 0.29) is 0 Å². The van der Waals surface area contributed by atoms with Crippen molar-refractivity contribution in [2.24, 2.45) is 0 Å². The van der Waals surface area contributed by atoms with Gasteiger partial charge in [-0.25, -0.2) is 0 Å². The Hall–Kier alpha value is -7.82. The van der Waals surface area contributed by atoms with Crippen LogP contribution in [0.25, 0.3) is 78.2 Å². The summed E-state index contributed by atoms with van der Waals surface area (Å²) in [4.78, 5) is 2.29. The molecule has 1 aromatic heterocycles. The van der Waals surface area contributed by atoms with Crippen molar-refractivity contribution >= 4 is 27.8 Å². The van der Waals surface area contributed by atoms with E-state index < -0.39 is 0 Å². The Balaban J connectivity index is 0.905. The first-order valence-electron chi connectivity index (χ1n) is 19.5. The number of benzene rings is 9.